The Bertz CT molecular complexity index is 1290. The number of quaternary nitrogens is 1. The second kappa shape index (κ2) is 11.5. The molecule has 2 aromatic carbocycles. The summed E-state index contributed by atoms with van der Waals surface area (Å²) in [5, 5.41) is 4.44. The van der Waals surface area contributed by atoms with Crippen molar-refractivity contribution in [1.29, 1.82) is 0 Å². The predicted molar refractivity (Wildman–Crippen MR) is 129 cm³/mol. The molecule has 3 fully saturated rings. The molecule has 1 aromatic heterocycles. The Kier molecular flexibility index (Phi) is 8.59. The van der Waals surface area contributed by atoms with Gasteiger partial charge in [-0.3, -0.25) is 4.79 Å². The molecule has 4 heterocycles. The van der Waals surface area contributed by atoms with Crippen LogP contribution in [0.2, 0.25) is 0 Å². The van der Waals surface area contributed by atoms with Gasteiger partial charge in [-0.1, -0.05) is 18.2 Å². The first-order chi connectivity index (χ1) is 17.7. The van der Waals surface area contributed by atoms with Gasteiger partial charge in [-0.15, -0.1) is 11.3 Å². The lowest BCUT2D eigenvalue weighted by molar-refractivity contribution is -0.938. The number of nitrogens with one attached hydrogen (secondary N) is 1. The zero-order valence-electron chi connectivity index (χ0n) is 20.1. The first-order valence-electron chi connectivity index (χ1n) is 12.0. The van der Waals surface area contributed by atoms with Gasteiger partial charge < -0.3 is 31.5 Å². The number of alkyl carbamates (subject to hydrolysis) is 1. The van der Waals surface area contributed by atoms with Gasteiger partial charge in [0.15, 0.2) is 23.6 Å². The van der Waals surface area contributed by atoms with Crippen LogP contribution in [0.3, 0.4) is 0 Å². The Morgan fingerprint density at radius 1 is 1.00 bits per heavy atom. The van der Waals surface area contributed by atoms with Gasteiger partial charge >= 0.3 is 6.09 Å². The summed E-state index contributed by atoms with van der Waals surface area (Å²) in [6.07, 6.45) is 0.309. The molecule has 2 bridgehead atoms. The molecular formula is C27H25BrF4N2O3S. The standard InChI is InChI=1S/C27H24F4N2O3S.BrH/c28-19-4-1-3-17(11-19)26(18-12-20(29)25(31)21(30)13-18)32-27(35)36-23-15-33(8-6-16(23)7-9-33)14-22(34)24-5-2-10-37-24;/h1-5,10-13,16,23,26H,6-9,14-15H2;1H/t16?,23-,26?,33?;/m0./s1. The van der Waals surface area contributed by atoms with Gasteiger partial charge in [0.2, 0.25) is 5.78 Å². The summed E-state index contributed by atoms with van der Waals surface area (Å²) < 4.78 is 61.8. The second-order valence-corrected chi connectivity index (χ2v) is 10.7. The van der Waals surface area contributed by atoms with Crippen LogP contribution in [0, 0.1) is 29.2 Å². The normalized spacial score (nSPS) is 22.8. The van der Waals surface area contributed by atoms with E-state index in [-0.39, 0.29) is 39.8 Å². The Morgan fingerprint density at radius 3 is 2.34 bits per heavy atom. The molecule has 3 aliphatic heterocycles. The third kappa shape index (κ3) is 5.94. The molecule has 202 valence electrons. The Labute approximate surface area is 231 Å². The highest BCUT2D eigenvalue weighted by molar-refractivity contribution is 7.12. The van der Waals surface area contributed by atoms with Crippen molar-refractivity contribution in [3.8, 4) is 0 Å². The fourth-order valence-corrected chi connectivity index (χ4v) is 6.13. The van der Waals surface area contributed by atoms with Gasteiger partial charge in [0, 0.05) is 18.8 Å². The summed E-state index contributed by atoms with van der Waals surface area (Å²) >= 11 is 1.40. The average molecular weight is 613 g/mol. The smallest absolute Gasteiger partial charge is 0.408 e. The first kappa shape index (κ1) is 28.3. The number of ether oxygens (including phenoxy) is 1. The zero-order valence-corrected chi connectivity index (χ0v) is 22.5. The molecule has 3 aliphatic rings. The van der Waals surface area contributed by atoms with E-state index in [9.17, 15) is 27.2 Å². The highest BCUT2D eigenvalue weighted by atomic mass is 79.9. The highest BCUT2D eigenvalue weighted by Gasteiger charge is 2.48. The van der Waals surface area contributed by atoms with E-state index in [0.717, 1.165) is 44.1 Å². The van der Waals surface area contributed by atoms with Crippen LogP contribution in [0.5, 0.6) is 0 Å². The van der Waals surface area contributed by atoms with Crippen molar-refractivity contribution in [2.24, 2.45) is 5.92 Å². The molecule has 1 unspecified atom stereocenters. The molecule has 3 aromatic rings. The van der Waals surface area contributed by atoms with Crippen molar-refractivity contribution < 1.29 is 53.4 Å². The summed E-state index contributed by atoms with van der Waals surface area (Å²) in [5.41, 5.74) is 0.110. The van der Waals surface area contributed by atoms with Crippen molar-refractivity contribution in [2.75, 3.05) is 26.2 Å². The first-order valence-corrected chi connectivity index (χ1v) is 12.9. The van der Waals surface area contributed by atoms with Gasteiger partial charge in [0.05, 0.1) is 24.0 Å². The number of thiophene rings is 1. The molecule has 0 spiro atoms. The second-order valence-electron chi connectivity index (χ2n) is 9.74. The number of hydrogen-bond acceptors (Lipinski definition) is 4. The van der Waals surface area contributed by atoms with E-state index in [0.29, 0.717) is 22.4 Å². The lowest BCUT2D eigenvalue weighted by Crippen LogP contribution is -3.00. The molecule has 6 rings (SSSR count). The van der Waals surface area contributed by atoms with E-state index in [1.165, 1.54) is 29.5 Å². The topological polar surface area (TPSA) is 55.4 Å². The minimum Gasteiger partial charge on any atom is -1.00 e. The molecule has 0 saturated carbocycles. The third-order valence-electron chi connectivity index (χ3n) is 7.36. The van der Waals surface area contributed by atoms with Crippen LogP contribution in [-0.2, 0) is 4.74 Å². The summed E-state index contributed by atoms with van der Waals surface area (Å²) in [4.78, 5) is 26.5. The number of nitrogens with zero attached hydrogens (tertiary/aromatic N) is 1. The molecule has 2 atom stereocenters. The summed E-state index contributed by atoms with van der Waals surface area (Å²) in [6, 6.07) is 9.18. The summed E-state index contributed by atoms with van der Waals surface area (Å²) in [6.45, 7) is 2.46. The minimum atomic E-state index is -1.64. The number of piperidine rings is 3. The van der Waals surface area contributed by atoms with Crippen molar-refractivity contribution in [3.05, 3.63) is 93.2 Å². The number of amides is 1. The fourth-order valence-electron chi connectivity index (χ4n) is 5.47. The third-order valence-corrected chi connectivity index (χ3v) is 8.27. The van der Waals surface area contributed by atoms with Crippen LogP contribution in [0.15, 0.2) is 53.9 Å². The summed E-state index contributed by atoms with van der Waals surface area (Å²) in [5.74, 6) is -4.90. The number of rotatable bonds is 7. The lowest BCUT2D eigenvalue weighted by Gasteiger charge is -2.51. The monoisotopic (exact) mass is 612 g/mol. The molecule has 38 heavy (non-hydrogen) atoms. The number of carbonyl (C=O) groups is 2. The van der Waals surface area contributed by atoms with E-state index in [1.54, 1.807) is 6.07 Å². The molecule has 0 radical (unpaired) electrons. The maximum atomic E-state index is 14.0. The summed E-state index contributed by atoms with van der Waals surface area (Å²) in [7, 11) is 0. The maximum absolute atomic E-state index is 14.0. The molecular weight excluding hydrogens is 588 g/mol. The SMILES string of the molecule is O=C(NC(c1cccc(F)c1)c1cc(F)c(F)c(F)c1)O[C@H]1C[N+]2(CC(=O)c3cccs3)CCC1CC2.[Br-]. The van der Waals surface area contributed by atoms with Crippen LogP contribution in [-0.4, -0.2) is 48.6 Å². The van der Waals surface area contributed by atoms with Crippen molar-refractivity contribution in [2.45, 2.75) is 25.0 Å². The average Bonchev–Trinajstić information content (AvgIpc) is 3.41. The molecule has 3 saturated heterocycles. The minimum absolute atomic E-state index is 0. The fraction of sp³-hybridized carbons (Fsp3) is 0.333. The number of Topliss-reactive ketones (excluding diaryl/α,β-unsaturated/α-hetero) is 1. The Hall–Kier alpha value is -2.76. The van der Waals surface area contributed by atoms with Gasteiger partial charge in [0.1, 0.15) is 18.9 Å². The molecule has 0 aliphatic carbocycles. The van der Waals surface area contributed by atoms with Gasteiger partial charge in [0.25, 0.3) is 0 Å². The van der Waals surface area contributed by atoms with Gasteiger partial charge in [-0.25, -0.2) is 22.4 Å². The van der Waals surface area contributed by atoms with Crippen LogP contribution in [0.4, 0.5) is 22.4 Å². The predicted octanol–water partition coefficient (Wildman–Crippen LogP) is 2.62. The van der Waals surface area contributed by atoms with Gasteiger partial charge in [-0.2, -0.15) is 0 Å². The molecule has 1 amide bonds. The number of hydrogen-bond donors (Lipinski definition) is 1. The van der Waals surface area contributed by atoms with E-state index in [4.69, 9.17) is 4.74 Å². The van der Waals surface area contributed by atoms with Crippen molar-refractivity contribution >= 4 is 23.2 Å². The quantitative estimate of drug-likeness (QED) is 0.193. The molecule has 1 N–H and O–H groups in total. The van der Waals surface area contributed by atoms with Crippen molar-refractivity contribution in [1.82, 2.24) is 5.32 Å². The maximum Gasteiger partial charge on any atom is 0.408 e. The number of benzene rings is 2. The Morgan fingerprint density at radius 2 is 1.71 bits per heavy atom. The van der Waals surface area contributed by atoms with E-state index in [1.807, 2.05) is 11.4 Å². The lowest BCUT2D eigenvalue weighted by atomic mass is 9.83. The van der Waals surface area contributed by atoms with Crippen LogP contribution in [0.1, 0.15) is 39.7 Å². The van der Waals surface area contributed by atoms with Crippen LogP contribution in [0.25, 0.3) is 0 Å². The number of halogens is 5. The molecule has 11 heteroatoms. The molecule has 5 nitrogen and oxygen atoms in total. The van der Waals surface area contributed by atoms with E-state index in [2.05, 4.69) is 5.32 Å². The largest absolute Gasteiger partial charge is 1.00 e. The Balaban J connectivity index is 0.00000336. The van der Waals surface area contributed by atoms with Crippen LogP contribution < -0.4 is 22.3 Å². The zero-order chi connectivity index (χ0) is 26.2. The number of ketones is 1. The highest BCUT2D eigenvalue weighted by Crippen LogP contribution is 2.36. The van der Waals surface area contributed by atoms with Gasteiger partial charge in [-0.05, 0) is 46.8 Å². The number of carbonyl (C=O) groups excluding carboxylic acids is 2. The van der Waals surface area contributed by atoms with Crippen molar-refractivity contribution in [3.63, 3.8) is 0 Å². The van der Waals surface area contributed by atoms with E-state index < -0.39 is 41.5 Å². The van der Waals surface area contributed by atoms with E-state index >= 15 is 0 Å². The van der Waals surface area contributed by atoms with Crippen LogP contribution >= 0.6 is 11.3 Å². The number of fused-ring (bicyclic) bond motifs is 3.